The van der Waals surface area contributed by atoms with E-state index in [4.69, 9.17) is 16.3 Å². The van der Waals surface area contributed by atoms with Gasteiger partial charge in [-0.2, -0.15) is 4.31 Å². The number of amides is 1. The van der Waals surface area contributed by atoms with Crippen molar-refractivity contribution < 1.29 is 17.9 Å². The molecule has 0 unspecified atom stereocenters. The Morgan fingerprint density at radius 3 is 2.63 bits per heavy atom. The highest BCUT2D eigenvalue weighted by molar-refractivity contribution is 7.89. The van der Waals surface area contributed by atoms with Crippen molar-refractivity contribution in [3.05, 3.63) is 44.3 Å². The maximum atomic E-state index is 13.5. The van der Waals surface area contributed by atoms with Crippen molar-refractivity contribution in [1.82, 2.24) is 13.9 Å². The molecule has 35 heavy (non-hydrogen) atoms. The first kappa shape index (κ1) is 25.6. The summed E-state index contributed by atoms with van der Waals surface area (Å²) in [7, 11) is -2.41. The van der Waals surface area contributed by atoms with Crippen LogP contribution in [-0.4, -0.2) is 48.4 Å². The number of nitrogens with zero attached hydrogens (tertiary/aromatic N) is 3. The van der Waals surface area contributed by atoms with Crippen LogP contribution in [0.15, 0.2) is 28.2 Å². The van der Waals surface area contributed by atoms with E-state index in [0.717, 1.165) is 34.3 Å². The molecule has 1 aliphatic heterocycles. The lowest BCUT2D eigenvalue weighted by Crippen LogP contribution is -2.38. The van der Waals surface area contributed by atoms with Gasteiger partial charge in [0.1, 0.15) is 22.0 Å². The number of aromatic nitrogens is 2. The summed E-state index contributed by atoms with van der Waals surface area (Å²) in [5, 5.41) is 3.25. The van der Waals surface area contributed by atoms with Crippen molar-refractivity contribution in [3.8, 4) is 5.75 Å². The normalized spacial score (nSPS) is 15.5. The molecule has 12 heteroatoms. The van der Waals surface area contributed by atoms with E-state index >= 15 is 0 Å². The van der Waals surface area contributed by atoms with Gasteiger partial charge in [-0.25, -0.2) is 13.4 Å². The lowest BCUT2D eigenvalue weighted by atomic mass is 10.0. The summed E-state index contributed by atoms with van der Waals surface area (Å²) in [5.74, 6) is 0.351. The summed E-state index contributed by atoms with van der Waals surface area (Å²) in [4.78, 5) is 31.3. The number of halogens is 1. The molecule has 0 bridgehead atoms. The molecule has 0 saturated carbocycles. The van der Waals surface area contributed by atoms with Crippen LogP contribution in [0.4, 0.5) is 5.69 Å². The van der Waals surface area contributed by atoms with E-state index in [1.165, 1.54) is 17.7 Å². The molecule has 1 N–H and O–H groups in total. The fourth-order valence-corrected chi connectivity index (χ4v) is 7.46. The van der Waals surface area contributed by atoms with Crippen molar-refractivity contribution in [1.29, 1.82) is 0 Å². The second-order valence-corrected chi connectivity index (χ2v) is 12.3. The number of fused-ring (bicyclic) bond motifs is 1. The quantitative estimate of drug-likeness (QED) is 0.511. The van der Waals surface area contributed by atoms with Gasteiger partial charge in [0.2, 0.25) is 15.9 Å². The third-order valence-corrected chi connectivity index (χ3v) is 9.83. The molecule has 3 heterocycles. The van der Waals surface area contributed by atoms with Crippen molar-refractivity contribution in [3.63, 3.8) is 0 Å². The number of methoxy groups -OCH3 is 1. The topological polar surface area (TPSA) is 111 Å². The molecule has 3 aromatic rings. The average Bonchev–Trinajstić information content (AvgIpc) is 3.15. The first-order valence-corrected chi connectivity index (χ1v) is 13.8. The third kappa shape index (κ3) is 4.95. The van der Waals surface area contributed by atoms with E-state index in [-0.39, 0.29) is 16.8 Å². The molecular weight excluding hydrogens is 512 g/mol. The predicted molar refractivity (Wildman–Crippen MR) is 137 cm³/mol. The Bertz CT molecular complexity index is 1460. The Balaban J connectivity index is 1.67. The number of aryl methyl sites for hydroxylation is 2. The van der Waals surface area contributed by atoms with Crippen LogP contribution in [0, 0.1) is 19.8 Å². The fraction of sp³-hybridized carbons (Fsp3) is 0.435. The summed E-state index contributed by atoms with van der Waals surface area (Å²) < 4.78 is 34.8. The maximum absolute atomic E-state index is 13.5. The number of rotatable bonds is 6. The zero-order valence-corrected chi connectivity index (χ0v) is 22.3. The standard InChI is InChI=1S/C23H27ClN4O5S2/c1-13-5-7-28(8-6-13)35(31,32)21-15(3)34-22-20(21)23(30)27(12-25-22)11-19(29)26-17-9-14(2)16(24)10-18(17)33-4/h9-10,12-13H,5-8,11H2,1-4H3,(H,26,29). The molecule has 0 aliphatic carbocycles. The molecule has 1 amide bonds. The van der Waals surface area contributed by atoms with E-state index in [9.17, 15) is 18.0 Å². The Labute approximate surface area is 212 Å². The highest BCUT2D eigenvalue weighted by Crippen LogP contribution is 2.34. The smallest absolute Gasteiger partial charge is 0.263 e. The molecule has 0 atom stereocenters. The molecule has 9 nitrogen and oxygen atoms in total. The number of carbonyl (C=O) groups excluding carboxylic acids is 1. The van der Waals surface area contributed by atoms with Gasteiger partial charge in [0, 0.05) is 29.1 Å². The molecule has 1 aromatic carbocycles. The maximum Gasteiger partial charge on any atom is 0.263 e. The van der Waals surface area contributed by atoms with Crippen LogP contribution in [0.25, 0.3) is 10.2 Å². The van der Waals surface area contributed by atoms with Crippen LogP contribution in [0.2, 0.25) is 5.02 Å². The lowest BCUT2D eigenvalue weighted by molar-refractivity contribution is -0.116. The first-order valence-electron chi connectivity index (χ1n) is 11.2. The minimum Gasteiger partial charge on any atom is -0.495 e. The molecule has 0 spiro atoms. The van der Waals surface area contributed by atoms with Crippen molar-refractivity contribution >= 4 is 54.8 Å². The van der Waals surface area contributed by atoms with Crippen LogP contribution < -0.4 is 15.6 Å². The van der Waals surface area contributed by atoms with Gasteiger partial charge in [0.15, 0.2) is 0 Å². The summed E-state index contributed by atoms with van der Waals surface area (Å²) >= 11 is 7.29. The first-order chi connectivity index (χ1) is 16.5. The van der Waals surface area contributed by atoms with Crippen LogP contribution >= 0.6 is 22.9 Å². The van der Waals surface area contributed by atoms with Crippen LogP contribution in [0.1, 0.15) is 30.2 Å². The Morgan fingerprint density at radius 2 is 1.97 bits per heavy atom. The second-order valence-electron chi connectivity index (χ2n) is 8.78. The molecule has 188 valence electrons. The summed E-state index contributed by atoms with van der Waals surface area (Å²) in [6, 6.07) is 3.27. The number of anilines is 1. The number of thiophene rings is 1. The van der Waals surface area contributed by atoms with Gasteiger partial charge in [-0.1, -0.05) is 18.5 Å². The summed E-state index contributed by atoms with van der Waals surface area (Å²) in [6.07, 6.45) is 2.82. The number of benzene rings is 1. The number of piperidine rings is 1. The van der Waals surface area contributed by atoms with Crippen molar-refractivity contribution in [2.45, 2.75) is 45.1 Å². The fourth-order valence-electron chi connectivity index (χ4n) is 4.17. The lowest BCUT2D eigenvalue weighted by Gasteiger charge is -2.29. The third-order valence-electron chi connectivity index (χ3n) is 6.21. The number of sulfonamides is 1. The minimum atomic E-state index is -3.87. The average molecular weight is 539 g/mol. The van der Waals surface area contributed by atoms with E-state index in [2.05, 4.69) is 17.2 Å². The van der Waals surface area contributed by atoms with Gasteiger partial charge in [-0.15, -0.1) is 11.3 Å². The molecule has 1 aliphatic rings. The summed E-state index contributed by atoms with van der Waals surface area (Å²) in [5.41, 5.74) is 0.590. The van der Waals surface area contributed by atoms with Gasteiger partial charge in [-0.3, -0.25) is 14.2 Å². The number of carbonyl (C=O) groups is 1. The largest absolute Gasteiger partial charge is 0.495 e. The van der Waals surface area contributed by atoms with E-state index in [1.807, 2.05) is 0 Å². The highest BCUT2D eigenvalue weighted by Gasteiger charge is 2.33. The number of hydrogen-bond donors (Lipinski definition) is 1. The van der Waals surface area contributed by atoms with E-state index < -0.39 is 21.5 Å². The van der Waals surface area contributed by atoms with E-state index in [1.54, 1.807) is 26.0 Å². The highest BCUT2D eigenvalue weighted by atomic mass is 35.5. The monoisotopic (exact) mass is 538 g/mol. The van der Waals surface area contributed by atoms with Crippen LogP contribution in [0.5, 0.6) is 5.75 Å². The van der Waals surface area contributed by atoms with Crippen LogP contribution in [-0.2, 0) is 21.4 Å². The van der Waals surface area contributed by atoms with Crippen molar-refractivity contribution in [2.24, 2.45) is 5.92 Å². The van der Waals surface area contributed by atoms with Gasteiger partial charge in [0.05, 0.1) is 24.5 Å². The zero-order chi connectivity index (χ0) is 25.5. The molecule has 0 radical (unpaired) electrons. The molecule has 1 saturated heterocycles. The second kappa shape index (κ2) is 9.88. The molecule has 4 rings (SSSR count). The van der Waals surface area contributed by atoms with Crippen LogP contribution in [0.3, 0.4) is 0 Å². The molecule has 1 fully saturated rings. The van der Waals surface area contributed by atoms with Gasteiger partial charge < -0.3 is 10.1 Å². The molecular formula is C23H27ClN4O5S2. The molecule has 2 aromatic heterocycles. The minimum absolute atomic E-state index is 0.00527. The van der Waals surface area contributed by atoms with Gasteiger partial charge in [0.25, 0.3) is 5.56 Å². The SMILES string of the molecule is COc1cc(Cl)c(C)cc1NC(=O)Cn1cnc2sc(C)c(S(=O)(=O)N3CCC(C)CC3)c2c1=O. The van der Waals surface area contributed by atoms with E-state index in [0.29, 0.717) is 45.2 Å². The van der Waals surface area contributed by atoms with Gasteiger partial charge >= 0.3 is 0 Å². The predicted octanol–water partition coefficient (Wildman–Crippen LogP) is 3.80. The Morgan fingerprint density at radius 1 is 1.29 bits per heavy atom. The Kier molecular flexibility index (Phi) is 7.23. The zero-order valence-electron chi connectivity index (χ0n) is 19.9. The van der Waals surface area contributed by atoms with Gasteiger partial charge in [-0.05, 0) is 44.2 Å². The number of nitrogens with one attached hydrogen (secondary N) is 1. The van der Waals surface area contributed by atoms with Crippen molar-refractivity contribution in [2.75, 3.05) is 25.5 Å². The number of ether oxygens (including phenoxy) is 1. The summed E-state index contributed by atoms with van der Waals surface area (Å²) in [6.45, 7) is 6.06. The number of hydrogen-bond acceptors (Lipinski definition) is 7. The Hall–Kier alpha value is -2.47.